The van der Waals surface area contributed by atoms with Crippen molar-refractivity contribution in [1.82, 2.24) is 44.9 Å². The number of rotatable bonds is 12. The summed E-state index contributed by atoms with van der Waals surface area (Å²) in [4.78, 5) is 44.0. The van der Waals surface area contributed by atoms with Crippen molar-refractivity contribution in [3.05, 3.63) is 142 Å². The van der Waals surface area contributed by atoms with Gasteiger partial charge in [-0.3, -0.25) is 24.4 Å². The molecule has 2 atom stereocenters. The molecule has 27 heteroatoms. The molecule has 6 rings (SSSR count). The number of piperazine rings is 2. The molecule has 0 saturated carbocycles. The maximum atomic E-state index is 13.7. The number of guanidine groups is 1. The molecule has 2 N–H and O–H groups in total. The van der Waals surface area contributed by atoms with E-state index in [1.54, 1.807) is 7.05 Å². The number of aliphatic imine (C=N–C) groups is 1. The number of thiocarbonyl (C=S) groups is 1. The summed E-state index contributed by atoms with van der Waals surface area (Å²) in [5.74, 6) is 0.287. The Morgan fingerprint density at radius 3 is 1.17 bits per heavy atom. The van der Waals surface area contributed by atoms with Gasteiger partial charge in [-0.1, -0.05) is 60.7 Å². The number of alkyl halides is 12. The number of hydrogen-bond acceptors (Lipinski definition) is 8. The van der Waals surface area contributed by atoms with E-state index < -0.39 is 59.0 Å². The van der Waals surface area contributed by atoms with Crippen LogP contribution < -0.4 is 10.6 Å². The molecule has 0 bridgehead atoms. The van der Waals surface area contributed by atoms with Gasteiger partial charge in [0.15, 0.2) is 11.1 Å². The molecule has 4 aromatic rings. The van der Waals surface area contributed by atoms with Crippen molar-refractivity contribution in [3.8, 4) is 0 Å². The van der Waals surface area contributed by atoms with E-state index in [1.807, 2.05) is 116 Å². The molecule has 2 aliphatic rings. The number of carbonyl (C=O) groups excluding carboxylic acids is 2. The van der Waals surface area contributed by atoms with E-state index in [9.17, 15) is 62.3 Å². The molecule has 13 nitrogen and oxygen atoms in total. The third kappa shape index (κ3) is 21.7. The first kappa shape index (κ1) is 69.8. The molecule has 444 valence electrons. The van der Waals surface area contributed by atoms with E-state index in [0.717, 1.165) is 22.2 Å². The number of hydrogen-bond donors (Lipinski definition) is 2. The molecule has 2 unspecified atom stereocenters. The minimum atomic E-state index is -4.92. The van der Waals surface area contributed by atoms with Gasteiger partial charge in [0.25, 0.3) is 0 Å². The predicted molar refractivity (Wildman–Crippen MR) is 285 cm³/mol. The standard InChI is InChI=1S/C27H33F6N5O.C23H25F6N3O.C4H10N2S.Hg.O/c1-34-25(35(2)3)38-14-12-37(13-15-38)23(20-8-6-5-7-9-20)24(39)36(4)11-10-19-16-21(26(28,29)30)18-22(17-19)27(31,32)33;1-31(10-7-16-13-18(22(24,25)26)15-19(14-16)23(27,28)29)21(33)20(17-5-3-2-4-6-17)32-11-8-30-9-12-32;1-5-4(7)6(2)3;;/h5-9,16-18,23H,10-15H2,1-4H3;2-6,13-15,20,30H,7-12H2,1H3;1-3H3,(H,5,7);;. The first-order chi connectivity index (χ1) is 37.9. The van der Waals surface area contributed by atoms with Crippen LogP contribution in [0.2, 0.25) is 0 Å². The van der Waals surface area contributed by atoms with Gasteiger partial charge in [-0.2, -0.15) is 52.7 Å². The van der Waals surface area contributed by atoms with Crippen molar-refractivity contribution in [2.45, 2.75) is 49.6 Å². The van der Waals surface area contributed by atoms with E-state index in [-0.39, 0.29) is 87.1 Å². The molecular formula is C54H68F12HgN10O3S. The quantitative estimate of drug-likeness (QED) is 0.0467. The van der Waals surface area contributed by atoms with Gasteiger partial charge in [0.1, 0.15) is 12.1 Å². The fourth-order valence-corrected chi connectivity index (χ4v) is 8.82. The SMILES string of the molecule is CN(CCc1cc(C(F)(F)F)cc(C(F)(F)F)c1)C(=O)C(c1ccccc1)N1CCNCC1.CN=C(N(C)C)N1CCN(C(C(=O)N(C)CCc2cc(C(F)(F)F)cc(C(F)(F)F)c2)c2ccccc2)CC1.CNC(=S)N(C)C.[O]=[Hg]. The summed E-state index contributed by atoms with van der Waals surface area (Å²) in [6, 6.07) is 20.1. The summed E-state index contributed by atoms with van der Waals surface area (Å²) in [5.41, 5.74) is -4.17. The maximum absolute atomic E-state index is 13.7. The Balaban J connectivity index is 0.000000373. The van der Waals surface area contributed by atoms with Gasteiger partial charge < -0.3 is 35.1 Å². The molecule has 4 aromatic carbocycles. The van der Waals surface area contributed by atoms with E-state index in [4.69, 9.17) is 14.9 Å². The fourth-order valence-electron chi connectivity index (χ4n) is 8.82. The van der Waals surface area contributed by atoms with Crippen LogP contribution in [0.1, 0.15) is 56.6 Å². The third-order valence-electron chi connectivity index (χ3n) is 12.9. The van der Waals surface area contributed by atoms with Crippen LogP contribution in [-0.2, 0) is 75.9 Å². The van der Waals surface area contributed by atoms with Gasteiger partial charge in [-0.05, 0) is 83.7 Å². The van der Waals surface area contributed by atoms with Crippen LogP contribution in [0.4, 0.5) is 52.7 Å². The molecule has 2 fully saturated rings. The number of carbonyl (C=O) groups is 2. The van der Waals surface area contributed by atoms with E-state index >= 15 is 0 Å². The monoisotopic (exact) mass is 1370 g/mol. The zero-order chi connectivity index (χ0) is 61.0. The molecular weight excluding hydrogens is 1300 g/mol. The number of nitrogens with one attached hydrogen (secondary N) is 2. The van der Waals surface area contributed by atoms with E-state index in [2.05, 4.69) is 20.5 Å². The Bertz CT molecular complexity index is 2570. The van der Waals surface area contributed by atoms with Crippen LogP contribution >= 0.6 is 12.2 Å². The number of benzene rings is 4. The summed E-state index contributed by atoms with van der Waals surface area (Å²) >= 11 is 4.57. The van der Waals surface area contributed by atoms with Crippen molar-refractivity contribution in [3.63, 3.8) is 0 Å². The normalized spacial score (nSPS) is 15.3. The van der Waals surface area contributed by atoms with Crippen LogP contribution in [0.25, 0.3) is 0 Å². The van der Waals surface area contributed by atoms with Crippen molar-refractivity contribution >= 4 is 35.1 Å². The van der Waals surface area contributed by atoms with Gasteiger partial charge >= 0.3 is 53.5 Å². The molecule has 0 aliphatic carbocycles. The van der Waals surface area contributed by atoms with E-state index in [0.29, 0.717) is 76.6 Å². The van der Waals surface area contributed by atoms with Crippen molar-refractivity contribution in [2.75, 3.05) is 122 Å². The van der Waals surface area contributed by atoms with Gasteiger partial charge in [-0.15, -0.1) is 0 Å². The van der Waals surface area contributed by atoms with Crippen LogP contribution in [0, 0.1) is 0 Å². The first-order valence-electron chi connectivity index (χ1n) is 25.3. The summed E-state index contributed by atoms with van der Waals surface area (Å²) in [5, 5.41) is 6.81. The fraction of sp³-hybridized carbons (Fsp3) is 0.481. The number of nitrogens with zero attached hydrogens (tertiary/aromatic N) is 8. The average Bonchev–Trinajstić information content (AvgIpc) is 3.46. The Morgan fingerprint density at radius 1 is 0.568 bits per heavy atom. The Hall–Kier alpha value is -5.44. The van der Waals surface area contributed by atoms with Gasteiger partial charge in [-0.25, -0.2) is 0 Å². The summed E-state index contributed by atoms with van der Waals surface area (Å²) in [6.45, 7) is 5.04. The summed E-state index contributed by atoms with van der Waals surface area (Å²) in [6.07, 6.45) is -20.0. The zero-order valence-corrected chi connectivity index (χ0v) is 52.6. The van der Waals surface area contributed by atoms with Crippen LogP contribution in [-0.4, -0.2) is 179 Å². The average molecular weight is 1370 g/mol. The molecule has 81 heavy (non-hydrogen) atoms. The summed E-state index contributed by atoms with van der Waals surface area (Å²) < 4.78 is 167. The molecule has 0 radical (unpaired) electrons. The molecule has 2 amide bonds. The topological polar surface area (TPSA) is 110 Å². The third-order valence-corrected chi connectivity index (χ3v) is 13.5. The van der Waals surface area contributed by atoms with Crippen molar-refractivity contribution in [1.29, 1.82) is 0 Å². The van der Waals surface area contributed by atoms with E-state index in [1.165, 1.54) is 23.9 Å². The first-order valence-corrected chi connectivity index (χ1v) is 27.9. The van der Waals surface area contributed by atoms with Crippen LogP contribution in [0.15, 0.2) is 102 Å². The summed E-state index contributed by atoms with van der Waals surface area (Å²) in [7, 11) is 14.2. The van der Waals surface area contributed by atoms with Gasteiger partial charge in [0.2, 0.25) is 11.8 Å². The second kappa shape index (κ2) is 31.8. The molecule has 2 saturated heterocycles. The number of amides is 2. The molecule has 2 heterocycles. The zero-order valence-electron chi connectivity index (χ0n) is 46.3. The number of halogens is 12. The second-order valence-corrected chi connectivity index (χ2v) is 19.5. The predicted octanol–water partition coefficient (Wildman–Crippen LogP) is 8.93. The van der Waals surface area contributed by atoms with Crippen LogP contribution in [0.5, 0.6) is 0 Å². The number of likely N-dealkylation sites (N-methyl/N-ethyl adjacent to an activating group) is 2. The molecule has 0 aromatic heterocycles. The Morgan fingerprint density at radius 2 is 0.901 bits per heavy atom. The minimum absolute atomic E-state index is 0.0210. The van der Waals surface area contributed by atoms with Crippen molar-refractivity contribution < 1.29 is 91.1 Å². The van der Waals surface area contributed by atoms with Gasteiger partial charge in [0.05, 0.1) is 22.3 Å². The van der Waals surface area contributed by atoms with Crippen LogP contribution in [0.3, 0.4) is 0 Å². The molecule has 0 spiro atoms. The van der Waals surface area contributed by atoms with Crippen molar-refractivity contribution in [2.24, 2.45) is 4.99 Å². The molecule has 2 aliphatic heterocycles. The Kier molecular flexibility index (Phi) is 27.4. The van der Waals surface area contributed by atoms with Gasteiger partial charge in [0, 0.05) is 122 Å². The Labute approximate surface area is 486 Å². The second-order valence-electron chi connectivity index (χ2n) is 19.2.